The number of hydrogen-bond donors (Lipinski definition) is 0. The minimum Gasteiger partial charge on any atom is -0.302 e. The van der Waals surface area contributed by atoms with E-state index in [2.05, 4.69) is 18.8 Å². The summed E-state index contributed by atoms with van der Waals surface area (Å²) < 4.78 is 1.97. The molecule has 6 heteroatoms. The van der Waals surface area contributed by atoms with Gasteiger partial charge in [0, 0.05) is 29.3 Å². The number of rotatable bonds is 6. The summed E-state index contributed by atoms with van der Waals surface area (Å²) in [4.78, 5) is 15.4. The summed E-state index contributed by atoms with van der Waals surface area (Å²) in [6.45, 7) is 4.13. The highest BCUT2D eigenvalue weighted by atomic mass is 35.5. The predicted octanol–water partition coefficient (Wildman–Crippen LogP) is 5.15. The quantitative estimate of drug-likeness (QED) is 0.446. The Morgan fingerprint density at radius 3 is 2.54 bits per heavy atom. The fourth-order valence-corrected chi connectivity index (χ4v) is 3.38. The largest absolute Gasteiger partial charge is 0.302 e. The molecule has 134 valence electrons. The first-order valence-corrected chi connectivity index (χ1v) is 8.99. The van der Waals surface area contributed by atoms with Gasteiger partial charge in [-0.3, -0.25) is 10.1 Å². The average Bonchev–Trinajstić information content (AvgIpc) is 3.06. The molecule has 0 fully saturated rings. The van der Waals surface area contributed by atoms with Crippen LogP contribution in [0.15, 0.2) is 48.8 Å². The van der Waals surface area contributed by atoms with Crippen molar-refractivity contribution in [3.63, 3.8) is 0 Å². The molecule has 1 aromatic heterocycles. The Balaban J connectivity index is 2.15. The summed E-state index contributed by atoms with van der Waals surface area (Å²) in [6.07, 6.45) is 3.98. The molecule has 0 radical (unpaired) electrons. The third kappa shape index (κ3) is 3.48. The number of non-ortho nitro benzene ring substituents is 1. The van der Waals surface area contributed by atoms with Crippen molar-refractivity contribution in [1.82, 2.24) is 9.55 Å². The minimum absolute atomic E-state index is 0.0664. The zero-order valence-corrected chi connectivity index (χ0v) is 15.5. The van der Waals surface area contributed by atoms with E-state index in [1.807, 2.05) is 34.9 Å². The summed E-state index contributed by atoms with van der Waals surface area (Å²) in [7, 11) is 0. The molecular formula is C20H20ClN3O2. The molecule has 1 heterocycles. The van der Waals surface area contributed by atoms with Crippen LogP contribution in [0.1, 0.15) is 36.4 Å². The zero-order chi connectivity index (χ0) is 18.7. The number of aromatic nitrogens is 2. The molecule has 5 nitrogen and oxygen atoms in total. The Hall–Kier alpha value is -2.66. The van der Waals surface area contributed by atoms with Gasteiger partial charge in [0.15, 0.2) is 0 Å². The molecule has 0 aliphatic rings. The van der Waals surface area contributed by atoms with Crippen LogP contribution in [0.25, 0.3) is 5.69 Å². The highest BCUT2D eigenvalue weighted by Crippen LogP contribution is 2.28. The first-order valence-electron chi connectivity index (χ1n) is 8.61. The predicted molar refractivity (Wildman–Crippen MR) is 103 cm³/mol. The number of nitro groups is 1. The van der Waals surface area contributed by atoms with Crippen LogP contribution in [0.5, 0.6) is 0 Å². The van der Waals surface area contributed by atoms with Crippen LogP contribution < -0.4 is 0 Å². The Bertz CT molecular complexity index is 950. The van der Waals surface area contributed by atoms with Crippen molar-refractivity contribution in [2.75, 3.05) is 0 Å². The van der Waals surface area contributed by atoms with Gasteiger partial charge in [0.1, 0.15) is 0 Å². The van der Waals surface area contributed by atoms with E-state index in [1.54, 1.807) is 18.5 Å². The maximum absolute atomic E-state index is 11.3. The molecule has 0 spiro atoms. The van der Waals surface area contributed by atoms with E-state index in [-0.39, 0.29) is 10.6 Å². The van der Waals surface area contributed by atoms with Gasteiger partial charge in [-0.1, -0.05) is 43.6 Å². The van der Waals surface area contributed by atoms with Gasteiger partial charge in [-0.15, -0.1) is 0 Å². The fraction of sp³-hybridized carbons (Fsp3) is 0.250. The lowest BCUT2D eigenvalue weighted by Crippen LogP contribution is -2.05. The molecule has 0 amide bonds. The van der Waals surface area contributed by atoms with Gasteiger partial charge in [-0.05, 0) is 36.1 Å². The molecule has 0 atom stereocenters. The lowest BCUT2D eigenvalue weighted by Gasteiger charge is -2.14. The van der Waals surface area contributed by atoms with Gasteiger partial charge in [-0.2, -0.15) is 0 Å². The summed E-state index contributed by atoms with van der Waals surface area (Å²) in [5.41, 5.74) is 4.90. The Morgan fingerprint density at radius 1 is 1.12 bits per heavy atom. The van der Waals surface area contributed by atoms with Gasteiger partial charge >= 0.3 is 0 Å². The first kappa shape index (κ1) is 18.1. The van der Waals surface area contributed by atoms with Crippen LogP contribution in [0, 0.1) is 10.1 Å². The zero-order valence-electron chi connectivity index (χ0n) is 14.8. The van der Waals surface area contributed by atoms with Crippen LogP contribution in [0.4, 0.5) is 5.69 Å². The lowest BCUT2D eigenvalue weighted by atomic mass is 10.0. The van der Waals surface area contributed by atoms with Crippen LogP contribution in [-0.4, -0.2) is 14.5 Å². The normalized spacial score (nSPS) is 10.9. The highest BCUT2D eigenvalue weighted by molar-refractivity contribution is 6.31. The summed E-state index contributed by atoms with van der Waals surface area (Å²) in [5.74, 6) is 0. The third-order valence-electron chi connectivity index (χ3n) is 4.50. The van der Waals surface area contributed by atoms with Crippen LogP contribution in [0.3, 0.4) is 0 Å². The Kier molecular flexibility index (Phi) is 5.38. The monoisotopic (exact) mass is 369 g/mol. The summed E-state index contributed by atoms with van der Waals surface area (Å²) in [6, 6.07) is 12.6. The van der Waals surface area contributed by atoms with E-state index < -0.39 is 0 Å². The number of benzene rings is 2. The van der Waals surface area contributed by atoms with E-state index >= 15 is 0 Å². The smallest absolute Gasteiger partial charge is 0.271 e. The van der Waals surface area contributed by atoms with E-state index in [1.165, 1.54) is 0 Å². The second-order valence-electron chi connectivity index (χ2n) is 6.05. The summed E-state index contributed by atoms with van der Waals surface area (Å²) >= 11 is 6.31. The second kappa shape index (κ2) is 7.70. The molecule has 2 aromatic carbocycles. The standard InChI is InChI=1S/C20H20ClN3O2/c1-3-18-19(4-2)23(13-22-18)20-12-16(24(25)26)10-9-15(20)11-14-7-5-6-8-17(14)21/h5-10,12-13H,3-4,11H2,1-2H3. The number of nitrogens with zero attached hydrogens (tertiary/aromatic N) is 3. The van der Waals surface area contributed by atoms with Crippen LogP contribution in [-0.2, 0) is 19.3 Å². The van der Waals surface area contributed by atoms with Crippen molar-refractivity contribution in [3.05, 3.63) is 86.4 Å². The third-order valence-corrected chi connectivity index (χ3v) is 4.87. The van der Waals surface area contributed by atoms with Crippen LogP contribution in [0.2, 0.25) is 5.02 Å². The number of halogens is 1. The van der Waals surface area contributed by atoms with Crippen molar-refractivity contribution in [2.24, 2.45) is 0 Å². The Morgan fingerprint density at radius 2 is 1.88 bits per heavy atom. The lowest BCUT2D eigenvalue weighted by molar-refractivity contribution is -0.384. The molecule has 0 N–H and O–H groups in total. The van der Waals surface area contributed by atoms with Crippen molar-refractivity contribution in [1.29, 1.82) is 0 Å². The summed E-state index contributed by atoms with van der Waals surface area (Å²) in [5, 5.41) is 12.0. The van der Waals surface area contributed by atoms with E-state index in [0.29, 0.717) is 11.4 Å². The van der Waals surface area contributed by atoms with Crippen molar-refractivity contribution in [2.45, 2.75) is 33.1 Å². The van der Waals surface area contributed by atoms with E-state index in [9.17, 15) is 10.1 Å². The maximum Gasteiger partial charge on any atom is 0.271 e. The molecule has 26 heavy (non-hydrogen) atoms. The van der Waals surface area contributed by atoms with Gasteiger partial charge in [-0.25, -0.2) is 4.98 Å². The number of hydrogen-bond acceptors (Lipinski definition) is 3. The van der Waals surface area contributed by atoms with Crippen molar-refractivity contribution in [3.8, 4) is 5.69 Å². The van der Waals surface area contributed by atoms with Gasteiger partial charge in [0.05, 0.1) is 22.6 Å². The maximum atomic E-state index is 11.3. The molecule has 3 aromatic rings. The molecule has 0 aliphatic heterocycles. The number of imidazole rings is 1. The average molecular weight is 370 g/mol. The van der Waals surface area contributed by atoms with Crippen molar-refractivity contribution < 1.29 is 4.92 Å². The van der Waals surface area contributed by atoms with E-state index in [4.69, 9.17) is 11.6 Å². The second-order valence-corrected chi connectivity index (χ2v) is 6.46. The van der Waals surface area contributed by atoms with Gasteiger partial charge in [0.25, 0.3) is 5.69 Å². The first-order chi connectivity index (χ1) is 12.5. The minimum atomic E-state index is -0.369. The molecular weight excluding hydrogens is 350 g/mol. The Labute approximate surface area is 157 Å². The SMILES string of the molecule is CCc1ncn(-c2cc([N+](=O)[O-])ccc2Cc2ccccc2Cl)c1CC. The molecule has 0 aliphatic carbocycles. The highest BCUT2D eigenvalue weighted by Gasteiger charge is 2.17. The molecule has 0 saturated carbocycles. The topological polar surface area (TPSA) is 61.0 Å². The molecule has 0 saturated heterocycles. The van der Waals surface area contributed by atoms with Crippen LogP contribution >= 0.6 is 11.6 Å². The van der Waals surface area contributed by atoms with Gasteiger partial charge in [0.2, 0.25) is 0 Å². The van der Waals surface area contributed by atoms with E-state index in [0.717, 1.165) is 41.0 Å². The molecule has 0 unspecified atom stereocenters. The molecule has 0 bridgehead atoms. The number of nitro benzene ring substituents is 1. The van der Waals surface area contributed by atoms with Gasteiger partial charge < -0.3 is 4.57 Å². The molecule has 3 rings (SSSR count). The number of aryl methyl sites for hydroxylation is 1. The van der Waals surface area contributed by atoms with Crippen molar-refractivity contribution >= 4 is 17.3 Å². The fourth-order valence-electron chi connectivity index (χ4n) is 3.17.